The Morgan fingerprint density at radius 1 is 1.15 bits per heavy atom. The monoisotopic (exact) mass is 307 g/mol. The zero-order chi connectivity index (χ0) is 14.6. The van der Waals surface area contributed by atoms with Crippen LogP contribution in [0.4, 0.5) is 0 Å². The number of nitrogens with one attached hydrogen (secondary N) is 1. The van der Waals surface area contributed by atoms with Crippen molar-refractivity contribution < 1.29 is 0 Å². The Balaban J connectivity index is 2.54. The van der Waals surface area contributed by atoms with E-state index in [0.717, 1.165) is 17.9 Å². The van der Waals surface area contributed by atoms with Gasteiger partial charge in [0.05, 0.1) is 11.1 Å². The fraction of sp³-hybridized carbons (Fsp3) is 0.412. The molecule has 3 heteroatoms. The summed E-state index contributed by atoms with van der Waals surface area (Å²) in [6.45, 7) is 4.53. The van der Waals surface area contributed by atoms with Gasteiger partial charge in [0.15, 0.2) is 0 Å². The lowest BCUT2D eigenvalue weighted by Crippen LogP contribution is -2.39. The molecule has 0 saturated carbocycles. The Labute approximate surface area is 131 Å². The van der Waals surface area contributed by atoms with Gasteiger partial charge in [0, 0.05) is 10.3 Å². The Morgan fingerprint density at radius 2 is 1.80 bits per heavy atom. The molecule has 0 amide bonds. The van der Waals surface area contributed by atoms with Crippen LogP contribution in [0.5, 0.6) is 0 Å². The van der Waals surface area contributed by atoms with Crippen molar-refractivity contribution in [2.45, 2.75) is 38.1 Å². The Hall–Kier alpha value is -0.830. The highest BCUT2D eigenvalue weighted by atomic mass is 35.5. The smallest absolute Gasteiger partial charge is 0.0561 e. The standard InChI is InChI=1S/C17H22ClNS/c1-4-17(5-2,13-9-7-6-8-10-13)16(19-3)15-14(18)11-12-20-15/h6-12,16,19H,4-5H2,1-3H3. The summed E-state index contributed by atoms with van der Waals surface area (Å²) in [6.07, 6.45) is 2.15. The van der Waals surface area contributed by atoms with Crippen LogP contribution in [0.3, 0.4) is 0 Å². The predicted molar refractivity (Wildman–Crippen MR) is 89.8 cm³/mol. The minimum atomic E-state index is 0.0739. The quantitative estimate of drug-likeness (QED) is 0.751. The van der Waals surface area contributed by atoms with Gasteiger partial charge in [-0.15, -0.1) is 11.3 Å². The zero-order valence-electron chi connectivity index (χ0n) is 12.3. The third-order valence-corrected chi connectivity index (χ3v) is 5.78. The van der Waals surface area contributed by atoms with Gasteiger partial charge in [-0.1, -0.05) is 55.8 Å². The fourth-order valence-corrected chi connectivity index (χ4v) is 4.56. The number of thiophene rings is 1. The van der Waals surface area contributed by atoms with Crippen LogP contribution in [0.25, 0.3) is 0 Å². The van der Waals surface area contributed by atoms with Crippen molar-refractivity contribution in [1.29, 1.82) is 0 Å². The summed E-state index contributed by atoms with van der Waals surface area (Å²) in [5.41, 5.74) is 1.46. The molecule has 0 radical (unpaired) electrons. The summed E-state index contributed by atoms with van der Waals surface area (Å²) in [5.74, 6) is 0. The minimum Gasteiger partial charge on any atom is -0.312 e. The number of benzene rings is 1. The number of hydrogen-bond acceptors (Lipinski definition) is 2. The molecule has 0 aliphatic rings. The van der Waals surface area contributed by atoms with E-state index < -0.39 is 0 Å². The average Bonchev–Trinajstić information content (AvgIpc) is 2.91. The van der Waals surface area contributed by atoms with Gasteiger partial charge in [-0.2, -0.15) is 0 Å². The highest BCUT2D eigenvalue weighted by Crippen LogP contribution is 2.46. The first-order valence-electron chi connectivity index (χ1n) is 7.15. The predicted octanol–water partition coefficient (Wildman–Crippen LogP) is 5.42. The molecule has 0 saturated heterocycles. The van der Waals surface area contributed by atoms with Gasteiger partial charge in [-0.05, 0) is 36.9 Å². The Morgan fingerprint density at radius 3 is 2.25 bits per heavy atom. The van der Waals surface area contributed by atoms with Gasteiger partial charge in [0.2, 0.25) is 0 Å². The molecule has 2 aromatic rings. The van der Waals surface area contributed by atoms with Crippen LogP contribution < -0.4 is 5.32 Å². The lowest BCUT2D eigenvalue weighted by molar-refractivity contribution is 0.290. The van der Waals surface area contributed by atoms with Crippen LogP contribution in [0.15, 0.2) is 41.8 Å². The molecule has 20 heavy (non-hydrogen) atoms. The van der Waals surface area contributed by atoms with Crippen LogP contribution in [-0.4, -0.2) is 7.05 Å². The van der Waals surface area contributed by atoms with Gasteiger partial charge in [-0.3, -0.25) is 0 Å². The van der Waals surface area contributed by atoms with Crippen LogP contribution in [-0.2, 0) is 5.41 Å². The van der Waals surface area contributed by atoms with E-state index in [4.69, 9.17) is 11.6 Å². The van der Waals surface area contributed by atoms with Crippen LogP contribution >= 0.6 is 22.9 Å². The summed E-state index contributed by atoms with van der Waals surface area (Å²) in [7, 11) is 2.03. The second kappa shape index (κ2) is 6.75. The Kier molecular flexibility index (Phi) is 5.25. The van der Waals surface area contributed by atoms with E-state index in [1.54, 1.807) is 11.3 Å². The second-order valence-corrected chi connectivity index (χ2v) is 6.44. The lowest BCUT2D eigenvalue weighted by Gasteiger charge is -2.40. The maximum atomic E-state index is 6.39. The van der Waals surface area contributed by atoms with Crippen LogP contribution in [0.2, 0.25) is 5.02 Å². The normalized spacial score (nSPS) is 13.4. The van der Waals surface area contributed by atoms with Gasteiger partial charge < -0.3 is 5.32 Å². The van der Waals surface area contributed by atoms with E-state index >= 15 is 0 Å². The number of likely N-dealkylation sites (N-methyl/N-ethyl adjacent to an activating group) is 1. The molecule has 1 aromatic heterocycles. The third-order valence-electron chi connectivity index (χ3n) is 4.36. The zero-order valence-corrected chi connectivity index (χ0v) is 13.9. The molecule has 1 nitrogen and oxygen atoms in total. The molecule has 1 N–H and O–H groups in total. The van der Waals surface area contributed by atoms with Gasteiger partial charge in [-0.25, -0.2) is 0 Å². The maximum absolute atomic E-state index is 6.39. The van der Waals surface area contributed by atoms with Crippen molar-refractivity contribution in [2.24, 2.45) is 0 Å². The first-order chi connectivity index (χ1) is 9.69. The van der Waals surface area contributed by atoms with E-state index in [2.05, 4.69) is 54.9 Å². The molecule has 0 aliphatic heterocycles. The molecule has 0 fully saturated rings. The molecule has 0 aliphatic carbocycles. The molecule has 2 rings (SSSR count). The first kappa shape index (κ1) is 15.6. The second-order valence-electron chi connectivity index (χ2n) is 5.08. The van der Waals surface area contributed by atoms with E-state index in [1.807, 2.05) is 13.1 Å². The topological polar surface area (TPSA) is 12.0 Å². The van der Waals surface area contributed by atoms with E-state index in [-0.39, 0.29) is 11.5 Å². The first-order valence-corrected chi connectivity index (χ1v) is 8.41. The molecule has 0 spiro atoms. The van der Waals surface area contributed by atoms with E-state index in [9.17, 15) is 0 Å². The summed E-state index contributed by atoms with van der Waals surface area (Å²) in [4.78, 5) is 1.24. The highest BCUT2D eigenvalue weighted by molar-refractivity contribution is 7.10. The molecule has 1 unspecified atom stereocenters. The van der Waals surface area contributed by atoms with E-state index in [0.29, 0.717) is 0 Å². The van der Waals surface area contributed by atoms with Crippen molar-refractivity contribution >= 4 is 22.9 Å². The number of rotatable bonds is 6. The van der Waals surface area contributed by atoms with Crippen molar-refractivity contribution in [3.05, 3.63) is 57.2 Å². The maximum Gasteiger partial charge on any atom is 0.0561 e. The van der Waals surface area contributed by atoms with Crippen LogP contribution in [0, 0.1) is 0 Å². The molecular weight excluding hydrogens is 286 g/mol. The fourth-order valence-electron chi connectivity index (χ4n) is 3.17. The summed E-state index contributed by atoms with van der Waals surface area (Å²) in [5, 5.41) is 6.46. The minimum absolute atomic E-state index is 0.0739. The van der Waals surface area contributed by atoms with Gasteiger partial charge in [0.25, 0.3) is 0 Å². The van der Waals surface area contributed by atoms with Crippen molar-refractivity contribution in [1.82, 2.24) is 5.32 Å². The summed E-state index contributed by atoms with van der Waals surface area (Å²) < 4.78 is 0. The molecule has 0 bridgehead atoms. The van der Waals surface area contributed by atoms with Crippen molar-refractivity contribution in [3.63, 3.8) is 0 Å². The molecule has 108 valence electrons. The highest BCUT2D eigenvalue weighted by Gasteiger charge is 2.38. The molecule has 1 aromatic carbocycles. The number of hydrogen-bond donors (Lipinski definition) is 1. The molecule has 1 atom stereocenters. The van der Waals surface area contributed by atoms with E-state index in [1.165, 1.54) is 10.4 Å². The molecular formula is C17H22ClNS. The lowest BCUT2D eigenvalue weighted by atomic mass is 9.69. The SMILES string of the molecule is CCC(CC)(c1ccccc1)C(NC)c1sccc1Cl. The largest absolute Gasteiger partial charge is 0.312 e. The average molecular weight is 308 g/mol. The van der Waals surface area contributed by atoms with Crippen molar-refractivity contribution in [3.8, 4) is 0 Å². The summed E-state index contributed by atoms with van der Waals surface area (Å²) in [6, 6.07) is 13.0. The summed E-state index contributed by atoms with van der Waals surface area (Å²) >= 11 is 8.13. The van der Waals surface area contributed by atoms with Gasteiger partial charge in [0.1, 0.15) is 0 Å². The van der Waals surface area contributed by atoms with Crippen molar-refractivity contribution in [2.75, 3.05) is 7.05 Å². The molecule has 1 heterocycles. The van der Waals surface area contributed by atoms with Gasteiger partial charge >= 0.3 is 0 Å². The Bertz CT molecular complexity index is 531. The number of halogens is 1. The third kappa shape index (κ3) is 2.65. The van der Waals surface area contributed by atoms with Crippen LogP contribution in [0.1, 0.15) is 43.2 Å².